The number of aromatic nitrogens is 2. The predicted octanol–water partition coefficient (Wildman–Crippen LogP) is 4.47. The molecule has 0 radical (unpaired) electrons. The molecule has 0 spiro atoms. The molecule has 80 heavy (non-hydrogen) atoms. The van der Waals surface area contributed by atoms with Crippen LogP contribution in [0, 0.1) is 18.7 Å². The number of hydrazine groups is 1. The summed E-state index contributed by atoms with van der Waals surface area (Å²) in [6.07, 6.45) is 9.39. The van der Waals surface area contributed by atoms with Crippen molar-refractivity contribution in [2.24, 2.45) is 5.92 Å². The zero-order valence-electron chi connectivity index (χ0n) is 45.7. The highest BCUT2D eigenvalue weighted by atomic mass is 32.2. The highest BCUT2D eigenvalue weighted by molar-refractivity contribution is 8.02. The van der Waals surface area contributed by atoms with Crippen LogP contribution >= 0.6 is 11.8 Å². The number of thioether (sulfide) groups is 1. The second-order valence-electron chi connectivity index (χ2n) is 21.4. The number of esters is 1. The summed E-state index contributed by atoms with van der Waals surface area (Å²) in [4.78, 5) is 124. The third kappa shape index (κ3) is 12.2. The van der Waals surface area contributed by atoms with E-state index in [2.05, 4.69) is 45.9 Å². The number of hydrogen-bond donors (Lipinski definition) is 6. The smallest absolute Gasteiger partial charge is 0.313 e. The van der Waals surface area contributed by atoms with Crippen LogP contribution in [0.15, 0.2) is 47.3 Å². The SMILES string of the molecule is CCCC[C@@H]1C(=O)OCc2c1cc1n(c2=O)Cc2c-1nc1cc(F)c(C)c3c1c2[C@@H](NC(=O)COCNC(=O)CNC(=O)[C@H](Cc1ccccc1)NC(=O)CNC(=O)CNN1C(=O)CC(SC(CC)(CC)C2CCCC2)C1=O)CC3. The van der Waals surface area contributed by atoms with E-state index in [1.54, 1.807) is 53.6 Å². The van der Waals surface area contributed by atoms with Crippen molar-refractivity contribution in [2.45, 2.75) is 152 Å². The first kappa shape index (κ1) is 57.6. The topological polar surface area (TPSA) is 265 Å². The Bertz CT molecular complexity index is 3160. The van der Waals surface area contributed by atoms with Gasteiger partial charge in [-0.2, -0.15) is 0 Å². The number of fused-ring (bicyclic) bond motifs is 5. The van der Waals surface area contributed by atoms with Crippen molar-refractivity contribution in [3.63, 3.8) is 0 Å². The van der Waals surface area contributed by atoms with Crippen molar-refractivity contribution in [2.75, 3.05) is 33.0 Å². The fourth-order valence-electron chi connectivity index (χ4n) is 12.3. The Morgan fingerprint density at radius 3 is 2.36 bits per heavy atom. The van der Waals surface area contributed by atoms with Gasteiger partial charge in [-0.1, -0.05) is 76.8 Å². The van der Waals surface area contributed by atoms with E-state index in [-0.39, 0.29) is 42.3 Å². The molecule has 0 bridgehead atoms. The zero-order chi connectivity index (χ0) is 56.8. The summed E-state index contributed by atoms with van der Waals surface area (Å²) in [5, 5.41) is 14.2. The van der Waals surface area contributed by atoms with Crippen LogP contribution in [0.5, 0.6) is 0 Å². The Hall–Kier alpha value is -7.04. The molecule has 2 fully saturated rings. The van der Waals surface area contributed by atoms with E-state index in [0.717, 1.165) is 67.5 Å². The molecular formula is C58H70FN9O11S. The number of cyclic esters (lactones) is 1. The quantitative estimate of drug-likeness (QED) is 0.0216. The highest BCUT2D eigenvalue weighted by Crippen LogP contribution is 2.50. The Balaban J connectivity index is 0.758. The normalized spacial score (nSPS) is 18.8. The van der Waals surface area contributed by atoms with Crippen molar-refractivity contribution in [1.29, 1.82) is 0 Å². The Morgan fingerprint density at radius 2 is 1.62 bits per heavy atom. The van der Waals surface area contributed by atoms with Gasteiger partial charge < -0.3 is 40.6 Å². The minimum Gasteiger partial charge on any atom is -0.460 e. The maximum absolute atomic E-state index is 15.5. The number of aryl methyl sites for hydroxylation is 1. The van der Waals surface area contributed by atoms with Gasteiger partial charge in [0.05, 0.1) is 65.9 Å². The lowest BCUT2D eigenvalue weighted by Gasteiger charge is -2.38. The van der Waals surface area contributed by atoms with Gasteiger partial charge in [-0.25, -0.2) is 19.8 Å². The molecule has 2 aromatic heterocycles. The van der Waals surface area contributed by atoms with Crippen LogP contribution in [-0.2, 0) is 73.8 Å². The third-order valence-corrected chi connectivity index (χ3v) is 18.6. The lowest BCUT2D eigenvalue weighted by Crippen LogP contribution is -2.53. The van der Waals surface area contributed by atoms with Crippen LogP contribution in [0.1, 0.15) is 142 Å². The maximum atomic E-state index is 15.5. The van der Waals surface area contributed by atoms with Gasteiger partial charge in [-0.05, 0) is 91.7 Å². The molecule has 1 saturated carbocycles. The summed E-state index contributed by atoms with van der Waals surface area (Å²) >= 11 is 1.59. The van der Waals surface area contributed by atoms with E-state index in [0.29, 0.717) is 75.3 Å². The molecule has 5 aliphatic rings. The Labute approximate surface area is 467 Å². The third-order valence-electron chi connectivity index (χ3n) is 16.6. The van der Waals surface area contributed by atoms with Gasteiger partial charge in [-0.15, -0.1) is 11.8 Å². The van der Waals surface area contributed by atoms with Crippen molar-refractivity contribution in [1.82, 2.24) is 46.6 Å². The standard InChI is InChI=1S/C58H70FN9O11S/c1-5-8-18-36-37-22-44-53-38(28-67(44)55(75)39(37)29-79-57(36)77)52-41(20-19-35-32(4)40(59)23-42(66-53)51(35)52)64-49(72)30-78-31-62-46(69)25-61-54(74)43(21-33-14-10-9-11-15-33)65-48(71)26-60-47(70)27-63-68-50(73)24-45(56(68)76)80-58(6-2,7-3)34-16-12-13-17-34/h9-11,14-15,22-23,34,36,41,43,45,63H,5-8,12-13,16-21,24-31H2,1-4H3,(H,60,70)(H,61,74)(H,62,69)(H,64,72)(H,65,71)/t36-,41-,43-,45?/m0/s1. The number of hydrogen-bond acceptors (Lipinski definition) is 14. The highest BCUT2D eigenvalue weighted by Gasteiger charge is 2.47. The molecule has 20 nitrogen and oxygen atoms in total. The van der Waals surface area contributed by atoms with Crippen LogP contribution in [0.2, 0.25) is 0 Å². The Morgan fingerprint density at radius 1 is 0.887 bits per heavy atom. The fraction of sp³-hybridized carbons (Fsp3) is 0.517. The summed E-state index contributed by atoms with van der Waals surface area (Å²) in [5.74, 6) is -4.96. The second kappa shape index (κ2) is 25.2. The first-order chi connectivity index (χ1) is 38.5. The molecule has 5 heterocycles. The van der Waals surface area contributed by atoms with Crippen LogP contribution in [0.4, 0.5) is 4.39 Å². The maximum Gasteiger partial charge on any atom is 0.313 e. The molecule has 4 atom stereocenters. The largest absolute Gasteiger partial charge is 0.460 e. The van der Waals surface area contributed by atoms with E-state index in [9.17, 15) is 43.2 Å². The number of carbonyl (C=O) groups excluding carboxylic acids is 8. The number of ether oxygens (including phenoxy) is 2. The first-order valence-electron chi connectivity index (χ1n) is 27.9. The number of halogens is 1. The molecule has 1 unspecified atom stereocenters. The van der Waals surface area contributed by atoms with Crippen molar-refractivity contribution in [3.8, 4) is 11.4 Å². The lowest BCUT2D eigenvalue weighted by atomic mass is 9.81. The zero-order valence-corrected chi connectivity index (χ0v) is 46.5. The molecule has 4 aromatic rings. The number of imide groups is 1. The second-order valence-corrected chi connectivity index (χ2v) is 23.0. The summed E-state index contributed by atoms with van der Waals surface area (Å²) in [6, 6.07) is 10.3. The van der Waals surface area contributed by atoms with Gasteiger partial charge in [0.15, 0.2) is 0 Å². The first-order valence-corrected chi connectivity index (χ1v) is 28.8. The van der Waals surface area contributed by atoms with Crippen molar-refractivity contribution < 1.29 is 52.2 Å². The van der Waals surface area contributed by atoms with Gasteiger partial charge in [0.1, 0.15) is 31.8 Å². The number of nitrogens with zero attached hydrogens (tertiary/aromatic N) is 3. The van der Waals surface area contributed by atoms with E-state index in [4.69, 9.17) is 14.5 Å². The molecule has 2 aromatic carbocycles. The van der Waals surface area contributed by atoms with Crippen LogP contribution in [0.3, 0.4) is 0 Å². The molecule has 22 heteroatoms. The monoisotopic (exact) mass is 1120 g/mol. The molecule has 9 rings (SSSR count). The molecular weight excluding hydrogens is 1050 g/mol. The van der Waals surface area contributed by atoms with Crippen molar-refractivity contribution in [3.05, 3.63) is 97.6 Å². The van der Waals surface area contributed by atoms with E-state index in [1.165, 1.54) is 6.07 Å². The molecule has 3 aliphatic heterocycles. The van der Waals surface area contributed by atoms with Crippen LogP contribution < -0.4 is 37.6 Å². The average molecular weight is 1120 g/mol. The fourth-order valence-corrected chi connectivity index (χ4v) is 14.0. The van der Waals surface area contributed by atoms with E-state index < -0.39 is 103 Å². The van der Waals surface area contributed by atoms with Gasteiger partial charge in [0, 0.05) is 34.6 Å². The number of pyridine rings is 2. The van der Waals surface area contributed by atoms with Gasteiger partial charge >= 0.3 is 5.97 Å². The van der Waals surface area contributed by atoms with Crippen LogP contribution in [-0.4, -0.2) is 111 Å². The predicted molar refractivity (Wildman–Crippen MR) is 295 cm³/mol. The summed E-state index contributed by atoms with van der Waals surface area (Å²) < 4.78 is 28.0. The average Bonchev–Trinajstić information content (AvgIpc) is 4.21. The van der Waals surface area contributed by atoms with Crippen LogP contribution in [0.25, 0.3) is 22.3 Å². The number of amides is 7. The summed E-state index contributed by atoms with van der Waals surface area (Å²) in [7, 11) is 0. The molecule has 1 saturated heterocycles. The molecule has 6 N–H and O–H groups in total. The lowest BCUT2D eigenvalue weighted by molar-refractivity contribution is -0.149. The van der Waals surface area contributed by atoms with Crippen molar-refractivity contribution >= 4 is 70.0 Å². The molecule has 2 aliphatic carbocycles. The summed E-state index contributed by atoms with van der Waals surface area (Å²) in [6.45, 7) is 5.66. The minimum absolute atomic E-state index is 0.0320. The molecule has 7 amide bonds. The Kier molecular flexibility index (Phi) is 18.1. The number of unbranched alkanes of at least 4 members (excludes halogenated alkanes) is 1. The molecule has 426 valence electrons. The number of nitrogens with one attached hydrogen (secondary N) is 6. The van der Waals surface area contributed by atoms with Gasteiger partial charge in [0.2, 0.25) is 35.4 Å². The summed E-state index contributed by atoms with van der Waals surface area (Å²) in [5.41, 5.74) is 8.15. The minimum atomic E-state index is -1.16. The van der Waals surface area contributed by atoms with Gasteiger partial charge in [0.25, 0.3) is 11.5 Å². The van der Waals surface area contributed by atoms with E-state index in [1.807, 2.05) is 13.0 Å². The van der Waals surface area contributed by atoms with Gasteiger partial charge in [-0.3, -0.25) is 43.2 Å². The van der Waals surface area contributed by atoms with E-state index >= 15 is 4.39 Å². The number of rotatable bonds is 24. The number of benzene rings is 2. The number of carbonyl (C=O) groups is 8.